The molecule has 1 unspecified atom stereocenters. The Kier molecular flexibility index (Phi) is 11.3. The van der Waals surface area contributed by atoms with E-state index < -0.39 is 0 Å². The second-order valence-electron chi connectivity index (χ2n) is 7.04. The van der Waals surface area contributed by atoms with Gasteiger partial charge in [0, 0.05) is 12.8 Å². The van der Waals surface area contributed by atoms with Gasteiger partial charge in [-0.05, 0) is 6.92 Å². The first-order chi connectivity index (χ1) is 8.22. The van der Waals surface area contributed by atoms with Gasteiger partial charge in [0.25, 0.3) is 0 Å². The molecule has 6 heteroatoms. The minimum absolute atomic E-state index is 0. The second kappa shape index (κ2) is 9.78. The maximum absolute atomic E-state index is 11.9. The fourth-order valence-electron chi connectivity index (χ4n) is 2.58. The molecular formula is C14H30I2N2O2. The van der Waals surface area contributed by atoms with E-state index in [1.165, 1.54) is 25.9 Å². The molecule has 1 heterocycles. The van der Waals surface area contributed by atoms with Crippen LogP contribution in [-0.4, -0.2) is 75.9 Å². The zero-order valence-electron chi connectivity index (χ0n) is 13.5. The average molecular weight is 512 g/mol. The standard InChI is InChI=1S/C14H30N2O2.2HI/c1-13(12-16(5)8-6-7-9-16)14(17)18-11-10-15(2,3)4;;/h13H,6-12H2,1-5H3;2*1H/q+2;;/p-2. The van der Waals surface area contributed by atoms with Gasteiger partial charge >= 0.3 is 5.97 Å². The number of hydrogen-bond acceptors (Lipinski definition) is 2. The van der Waals surface area contributed by atoms with E-state index in [1.54, 1.807) is 0 Å². The summed E-state index contributed by atoms with van der Waals surface area (Å²) in [5, 5.41) is 0. The number of rotatable bonds is 6. The van der Waals surface area contributed by atoms with Crippen LogP contribution in [0.4, 0.5) is 0 Å². The van der Waals surface area contributed by atoms with E-state index >= 15 is 0 Å². The Bertz CT molecular complexity index is 287. The van der Waals surface area contributed by atoms with Crippen molar-refractivity contribution in [3.05, 3.63) is 0 Å². The van der Waals surface area contributed by atoms with Crippen LogP contribution in [0.5, 0.6) is 0 Å². The molecule has 1 atom stereocenters. The van der Waals surface area contributed by atoms with Crippen molar-refractivity contribution < 1.29 is 66.5 Å². The fraction of sp³-hybridized carbons (Fsp3) is 0.929. The first-order valence-electron chi connectivity index (χ1n) is 7.02. The van der Waals surface area contributed by atoms with Crippen LogP contribution >= 0.6 is 0 Å². The van der Waals surface area contributed by atoms with E-state index in [9.17, 15) is 4.79 Å². The topological polar surface area (TPSA) is 26.3 Å². The Balaban J connectivity index is 0. The van der Waals surface area contributed by atoms with Gasteiger partial charge in [-0.1, -0.05) is 0 Å². The third-order valence-corrected chi connectivity index (χ3v) is 3.77. The fourth-order valence-corrected chi connectivity index (χ4v) is 2.58. The van der Waals surface area contributed by atoms with Gasteiger partial charge in [-0.2, -0.15) is 0 Å². The predicted octanol–water partition coefficient (Wildman–Crippen LogP) is -4.88. The van der Waals surface area contributed by atoms with E-state index in [0.29, 0.717) is 6.61 Å². The van der Waals surface area contributed by atoms with Crippen molar-refractivity contribution in [1.29, 1.82) is 0 Å². The van der Waals surface area contributed by atoms with Crippen molar-refractivity contribution in [2.75, 3.05) is 61.0 Å². The molecule has 0 bridgehead atoms. The number of carbonyl (C=O) groups excluding carboxylic acids is 1. The number of esters is 1. The molecule has 122 valence electrons. The smallest absolute Gasteiger partial charge is 0.314 e. The lowest BCUT2D eigenvalue weighted by atomic mass is 10.1. The van der Waals surface area contributed by atoms with Gasteiger partial charge in [-0.25, -0.2) is 0 Å². The van der Waals surface area contributed by atoms with Crippen molar-refractivity contribution in [3.8, 4) is 0 Å². The first kappa shape index (κ1) is 23.1. The van der Waals surface area contributed by atoms with Gasteiger partial charge in [-0.3, -0.25) is 4.79 Å². The Hall–Kier alpha value is 0.850. The van der Waals surface area contributed by atoms with Gasteiger partial charge in [0.05, 0.1) is 47.8 Å². The zero-order valence-corrected chi connectivity index (χ0v) is 17.8. The first-order valence-corrected chi connectivity index (χ1v) is 7.02. The van der Waals surface area contributed by atoms with Crippen LogP contribution < -0.4 is 48.0 Å². The average Bonchev–Trinajstić information content (AvgIpc) is 2.62. The molecule has 0 N–H and O–H groups in total. The molecule has 0 radical (unpaired) electrons. The van der Waals surface area contributed by atoms with Crippen LogP contribution in [0, 0.1) is 5.92 Å². The summed E-state index contributed by atoms with van der Waals surface area (Å²) in [6.45, 7) is 6.72. The Morgan fingerprint density at radius 1 is 1.20 bits per heavy atom. The van der Waals surface area contributed by atoms with E-state index in [4.69, 9.17) is 4.74 Å². The summed E-state index contributed by atoms with van der Waals surface area (Å²) in [6, 6.07) is 0. The molecule has 0 aliphatic carbocycles. The third-order valence-electron chi connectivity index (χ3n) is 3.77. The molecule has 0 amide bonds. The molecule has 1 fully saturated rings. The van der Waals surface area contributed by atoms with E-state index in [-0.39, 0.29) is 59.8 Å². The van der Waals surface area contributed by atoms with E-state index in [2.05, 4.69) is 28.2 Å². The van der Waals surface area contributed by atoms with Crippen LogP contribution in [0.25, 0.3) is 0 Å². The van der Waals surface area contributed by atoms with Crippen molar-refractivity contribution in [3.63, 3.8) is 0 Å². The van der Waals surface area contributed by atoms with Crippen molar-refractivity contribution in [2.45, 2.75) is 19.8 Å². The number of carbonyl (C=O) groups is 1. The highest BCUT2D eigenvalue weighted by Crippen LogP contribution is 2.19. The highest BCUT2D eigenvalue weighted by Gasteiger charge is 2.31. The number of likely N-dealkylation sites (N-methyl/N-ethyl adjacent to an activating group) is 1. The summed E-state index contributed by atoms with van der Waals surface area (Å²) in [5.41, 5.74) is 0. The maximum atomic E-state index is 11.9. The molecule has 0 saturated carbocycles. The quantitative estimate of drug-likeness (QED) is 0.203. The van der Waals surface area contributed by atoms with Crippen molar-refractivity contribution in [2.24, 2.45) is 5.92 Å². The zero-order chi connectivity index (χ0) is 13.8. The number of hydrogen-bond donors (Lipinski definition) is 0. The summed E-state index contributed by atoms with van der Waals surface area (Å²) in [6.07, 6.45) is 2.58. The summed E-state index contributed by atoms with van der Waals surface area (Å²) >= 11 is 0. The number of quaternary nitrogens is 2. The number of likely N-dealkylation sites (tertiary alicyclic amines) is 1. The molecule has 1 rings (SSSR count). The SMILES string of the molecule is CC(C[N+]1(C)CCCC1)C(=O)OCC[N+](C)(C)C.[I-].[I-]. The molecule has 4 nitrogen and oxygen atoms in total. The van der Waals surface area contributed by atoms with Gasteiger partial charge < -0.3 is 61.7 Å². The normalized spacial score (nSPS) is 18.6. The Morgan fingerprint density at radius 3 is 2.15 bits per heavy atom. The largest absolute Gasteiger partial charge is 1.00 e. The van der Waals surface area contributed by atoms with E-state index in [1.807, 2.05) is 6.92 Å². The maximum Gasteiger partial charge on any atom is 0.314 e. The molecule has 0 spiro atoms. The molecule has 0 aromatic carbocycles. The van der Waals surface area contributed by atoms with Crippen LogP contribution in [0.2, 0.25) is 0 Å². The highest BCUT2D eigenvalue weighted by molar-refractivity contribution is 5.72. The third kappa shape index (κ3) is 8.99. The van der Waals surface area contributed by atoms with Gasteiger partial charge in [-0.15, -0.1) is 0 Å². The highest BCUT2D eigenvalue weighted by atomic mass is 127. The minimum atomic E-state index is -0.0327. The molecule has 0 aromatic rings. The molecule has 20 heavy (non-hydrogen) atoms. The van der Waals surface area contributed by atoms with E-state index in [0.717, 1.165) is 22.1 Å². The van der Waals surface area contributed by atoms with Crippen LogP contribution in [0.1, 0.15) is 19.8 Å². The Labute approximate surface area is 158 Å². The Morgan fingerprint density at radius 2 is 1.70 bits per heavy atom. The van der Waals surface area contributed by atoms with Gasteiger partial charge in [0.2, 0.25) is 0 Å². The molecular weight excluding hydrogens is 482 g/mol. The molecule has 0 aromatic heterocycles. The number of nitrogens with zero attached hydrogens (tertiary/aromatic N) is 2. The van der Waals surface area contributed by atoms with Gasteiger partial charge in [0.15, 0.2) is 0 Å². The summed E-state index contributed by atoms with van der Waals surface area (Å²) in [5.74, 6) is -0.0183. The van der Waals surface area contributed by atoms with Crippen molar-refractivity contribution >= 4 is 5.97 Å². The van der Waals surface area contributed by atoms with Crippen LogP contribution in [-0.2, 0) is 9.53 Å². The number of halogens is 2. The molecule has 1 aliphatic rings. The lowest BCUT2D eigenvalue weighted by molar-refractivity contribution is -0.899. The lowest BCUT2D eigenvalue weighted by Gasteiger charge is -2.31. The monoisotopic (exact) mass is 512 g/mol. The predicted molar refractivity (Wildman–Crippen MR) is 73.0 cm³/mol. The second-order valence-corrected chi connectivity index (χ2v) is 7.04. The van der Waals surface area contributed by atoms with Crippen molar-refractivity contribution in [1.82, 2.24) is 0 Å². The summed E-state index contributed by atoms with van der Waals surface area (Å²) < 4.78 is 7.23. The lowest BCUT2D eigenvalue weighted by Crippen LogP contribution is -3.00. The number of ether oxygens (including phenoxy) is 1. The molecule has 1 aliphatic heterocycles. The van der Waals surface area contributed by atoms with Crippen LogP contribution in [0.3, 0.4) is 0 Å². The van der Waals surface area contributed by atoms with Crippen LogP contribution in [0.15, 0.2) is 0 Å². The molecule has 1 saturated heterocycles. The summed E-state index contributed by atoms with van der Waals surface area (Å²) in [7, 11) is 8.57. The summed E-state index contributed by atoms with van der Waals surface area (Å²) in [4.78, 5) is 11.9. The minimum Gasteiger partial charge on any atom is -1.00 e. The van der Waals surface area contributed by atoms with Gasteiger partial charge in [0.1, 0.15) is 19.1 Å².